The average molecular weight is 494 g/mol. The van der Waals surface area contributed by atoms with Gasteiger partial charge in [-0.05, 0) is 64.2 Å². The number of carbonyl (C=O) groups excluding carboxylic acids is 1. The van der Waals surface area contributed by atoms with Crippen LogP contribution in [-0.4, -0.2) is 33.9 Å². The summed E-state index contributed by atoms with van der Waals surface area (Å²) in [6.07, 6.45) is 7.55. The Morgan fingerprint density at radius 2 is 1.83 bits per heavy atom. The van der Waals surface area contributed by atoms with Crippen LogP contribution in [0.3, 0.4) is 0 Å². The van der Waals surface area contributed by atoms with Crippen molar-refractivity contribution in [2.24, 2.45) is 5.92 Å². The summed E-state index contributed by atoms with van der Waals surface area (Å²) in [5, 5.41) is 14.4. The van der Waals surface area contributed by atoms with E-state index in [0.717, 1.165) is 24.1 Å². The molecule has 1 aromatic heterocycles. The number of rotatable bonds is 5. The fourth-order valence-electron chi connectivity index (χ4n) is 5.20. The van der Waals surface area contributed by atoms with Gasteiger partial charge < -0.3 is 30.2 Å². The molecule has 36 heavy (non-hydrogen) atoms. The fraction of sp³-hybridized carbons (Fsp3) is 0.444. The molecule has 1 unspecified atom stereocenters. The van der Waals surface area contributed by atoms with Crippen LogP contribution in [0.2, 0.25) is 0 Å². The molecule has 2 aromatic rings. The van der Waals surface area contributed by atoms with Crippen molar-refractivity contribution in [3.63, 3.8) is 0 Å². The minimum atomic E-state index is -1.02. The standard InChI is InChI=1S/C27H31N3O6/c1-6-17-12-20(24(31)28-13-21-14(2)11-15(3)29-25(21)32)16(4)22-23(17)36-27(5,35-22)18-7-9-19(10-8-18)30-26(33)34/h1,11-12,18-19,30H,7-10,13H2,2-5H3,(H,28,31)(H,29,32)(H,33,34). The van der Waals surface area contributed by atoms with E-state index in [9.17, 15) is 14.4 Å². The quantitative estimate of drug-likeness (QED) is 0.472. The third-order valence-corrected chi connectivity index (χ3v) is 7.21. The lowest BCUT2D eigenvalue weighted by Gasteiger charge is -2.37. The number of ether oxygens (including phenoxy) is 2. The van der Waals surface area contributed by atoms with Gasteiger partial charge in [0.25, 0.3) is 17.3 Å². The molecule has 4 rings (SSSR count). The summed E-state index contributed by atoms with van der Waals surface area (Å²) < 4.78 is 12.6. The van der Waals surface area contributed by atoms with Crippen LogP contribution in [0.5, 0.6) is 11.5 Å². The maximum absolute atomic E-state index is 13.1. The second-order valence-corrected chi connectivity index (χ2v) is 9.74. The van der Waals surface area contributed by atoms with E-state index >= 15 is 0 Å². The van der Waals surface area contributed by atoms with Crippen LogP contribution in [0.25, 0.3) is 0 Å². The molecular weight excluding hydrogens is 462 g/mol. The molecule has 9 nitrogen and oxygen atoms in total. The van der Waals surface area contributed by atoms with Crippen LogP contribution in [0, 0.1) is 39.0 Å². The highest BCUT2D eigenvalue weighted by molar-refractivity contribution is 5.97. The molecule has 1 fully saturated rings. The third-order valence-electron chi connectivity index (χ3n) is 7.21. The Labute approximate surface area is 209 Å². The number of aryl methyl sites for hydroxylation is 2. The predicted octanol–water partition coefficient (Wildman–Crippen LogP) is 3.53. The highest BCUT2D eigenvalue weighted by Crippen LogP contribution is 2.50. The van der Waals surface area contributed by atoms with Gasteiger partial charge in [-0.25, -0.2) is 4.79 Å². The molecule has 1 aliphatic carbocycles. The van der Waals surface area contributed by atoms with Crippen LogP contribution in [0.1, 0.15) is 70.9 Å². The Morgan fingerprint density at radius 1 is 1.17 bits per heavy atom. The van der Waals surface area contributed by atoms with Crippen molar-refractivity contribution in [1.82, 2.24) is 15.6 Å². The molecule has 1 aliphatic heterocycles. The van der Waals surface area contributed by atoms with Gasteiger partial charge in [0, 0.05) is 47.8 Å². The Balaban J connectivity index is 1.54. The zero-order valence-corrected chi connectivity index (χ0v) is 20.9. The monoisotopic (exact) mass is 493 g/mol. The number of carboxylic acid groups (broad SMARTS) is 1. The molecular formula is C27H31N3O6. The second kappa shape index (κ2) is 9.61. The van der Waals surface area contributed by atoms with Crippen LogP contribution in [0.4, 0.5) is 4.79 Å². The maximum atomic E-state index is 13.1. The molecule has 2 heterocycles. The van der Waals surface area contributed by atoms with E-state index in [2.05, 4.69) is 21.5 Å². The first-order valence-corrected chi connectivity index (χ1v) is 12.0. The van der Waals surface area contributed by atoms with Gasteiger partial charge in [-0.1, -0.05) is 5.92 Å². The van der Waals surface area contributed by atoms with E-state index in [4.69, 9.17) is 21.0 Å². The lowest BCUT2D eigenvalue weighted by molar-refractivity contribution is -0.121. The third kappa shape index (κ3) is 4.76. The lowest BCUT2D eigenvalue weighted by Crippen LogP contribution is -2.47. The number of fused-ring (bicyclic) bond motifs is 1. The Kier molecular flexibility index (Phi) is 6.72. The van der Waals surface area contributed by atoms with E-state index in [1.165, 1.54) is 0 Å². The Morgan fingerprint density at radius 3 is 2.44 bits per heavy atom. The first-order valence-electron chi connectivity index (χ1n) is 12.0. The first-order chi connectivity index (χ1) is 17.0. The smallest absolute Gasteiger partial charge is 0.404 e. The van der Waals surface area contributed by atoms with E-state index in [0.29, 0.717) is 46.6 Å². The second-order valence-electron chi connectivity index (χ2n) is 9.74. The summed E-state index contributed by atoms with van der Waals surface area (Å²) >= 11 is 0. The van der Waals surface area contributed by atoms with E-state index in [1.807, 2.05) is 19.9 Å². The van der Waals surface area contributed by atoms with Gasteiger partial charge in [0.15, 0.2) is 11.5 Å². The molecule has 2 aliphatic rings. The predicted molar refractivity (Wildman–Crippen MR) is 133 cm³/mol. The number of nitrogens with one attached hydrogen (secondary N) is 3. The molecule has 2 amide bonds. The van der Waals surface area contributed by atoms with Crippen LogP contribution in [-0.2, 0) is 6.54 Å². The van der Waals surface area contributed by atoms with Gasteiger partial charge in [0.1, 0.15) is 0 Å². The minimum Gasteiger partial charge on any atom is -0.465 e. The van der Waals surface area contributed by atoms with E-state index in [-0.39, 0.29) is 30.0 Å². The highest BCUT2D eigenvalue weighted by atomic mass is 16.7. The van der Waals surface area contributed by atoms with Gasteiger partial charge in [-0.3, -0.25) is 9.59 Å². The number of hydrogen-bond acceptors (Lipinski definition) is 5. The van der Waals surface area contributed by atoms with Crippen molar-refractivity contribution in [3.05, 3.63) is 56.0 Å². The fourth-order valence-corrected chi connectivity index (χ4v) is 5.20. The zero-order chi connectivity index (χ0) is 26.2. The highest BCUT2D eigenvalue weighted by Gasteiger charge is 2.47. The molecule has 1 saturated carbocycles. The van der Waals surface area contributed by atoms with E-state index in [1.54, 1.807) is 19.9 Å². The van der Waals surface area contributed by atoms with Gasteiger partial charge in [-0.2, -0.15) is 0 Å². The van der Waals surface area contributed by atoms with Crippen molar-refractivity contribution in [2.45, 2.75) is 71.8 Å². The lowest BCUT2D eigenvalue weighted by atomic mass is 9.81. The molecule has 0 radical (unpaired) electrons. The molecule has 0 spiro atoms. The molecule has 0 saturated heterocycles. The van der Waals surface area contributed by atoms with Crippen LogP contribution >= 0.6 is 0 Å². The number of H-pyrrole nitrogens is 1. The van der Waals surface area contributed by atoms with E-state index < -0.39 is 11.9 Å². The average Bonchev–Trinajstić information content (AvgIpc) is 3.18. The number of pyridine rings is 1. The van der Waals surface area contributed by atoms with Crippen molar-refractivity contribution < 1.29 is 24.2 Å². The first kappa shape index (κ1) is 25.2. The van der Waals surface area contributed by atoms with Crippen molar-refractivity contribution in [3.8, 4) is 23.8 Å². The van der Waals surface area contributed by atoms with Gasteiger partial charge in [0.2, 0.25) is 0 Å². The summed E-state index contributed by atoms with van der Waals surface area (Å²) in [6.45, 7) is 7.35. The Bertz CT molecular complexity index is 1320. The summed E-state index contributed by atoms with van der Waals surface area (Å²) in [5.74, 6) is 2.15. The number of benzene rings is 1. The summed E-state index contributed by atoms with van der Waals surface area (Å²) in [5.41, 5.74) is 3.18. The van der Waals surface area contributed by atoms with Crippen LogP contribution < -0.4 is 25.7 Å². The minimum absolute atomic E-state index is 0.0234. The number of amides is 2. The van der Waals surface area contributed by atoms with Gasteiger partial charge in [-0.15, -0.1) is 6.42 Å². The number of hydrogen-bond donors (Lipinski definition) is 4. The van der Waals surface area contributed by atoms with Gasteiger partial charge in [0.05, 0.1) is 5.56 Å². The number of aromatic amines is 1. The summed E-state index contributed by atoms with van der Waals surface area (Å²) in [4.78, 5) is 39.2. The largest absolute Gasteiger partial charge is 0.465 e. The summed E-state index contributed by atoms with van der Waals surface area (Å²) in [7, 11) is 0. The van der Waals surface area contributed by atoms with Crippen molar-refractivity contribution in [1.29, 1.82) is 0 Å². The molecule has 0 bridgehead atoms. The molecule has 9 heteroatoms. The van der Waals surface area contributed by atoms with Crippen LogP contribution in [0.15, 0.2) is 16.9 Å². The summed E-state index contributed by atoms with van der Waals surface area (Å²) in [6, 6.07) is 3.38. The van der Waals surface area contributed by atoms with Crippen molar-refractivity contribution >= 4 is 12.0 Å². The number of terminal acetylenes is 1. The molecule has 4 N–H and O–H groups in total. The van der Waals surface area contributed by atoms with Gasteiger partial charge >= 0.3 is 6.09 Å². The topological polar surface area (TPSA) is 130 Å². The maximum Gasteiger partial charge on any atom is 0.404 e. The van der Waals surface area contributed by atoms with Crippen molar-refractivity contribution in [2.75, 3.05) is 0 Å². The number of carbonyl (C=O) groups is 2. The Hall–Kier alpha value is -3.93. The normalized spacial score (nSPS) is 22.5. The zero-order valence-electron chi connectivity index (χ0n) is 20.9. The molecule has 1 atom stereocenters. The molecule has 1 aromatic carbocycles. The number of aromatic nitrogens is 1. The SMILES string of the molecule is C#Cc1cc(C(=O)NCc2c(C)cc(C)[nH]c2=O)c(C)c2c1OC(C)(C1CCC(NC(=O)O)CC1)O2. The molecule has 190 valence electrons.